The first-order chi connectivity index (χ1) is 9.78. The molecular formula is C14H17N3O3. The van der Waals surface area contributed by atoms with Gasteiger partial charge in [-0.05, 0) is 18.1 Å². The molecule has 1 aromatic carbocycles. The molecule has 1 aliphatic heterocycles. The Labute approximate surface area is 116 Å². The van der Waals surface area contributed by atoms with E-state index in [4.69, 9.17) is 19.7 Å². The number of aromatic nitrogens is 2. The lowest BCUT2D eigenvalue weighted by Crippen LogP contribution is -2.13. The average Bonchev–Trinajstić information content (AvgIpc) is 3.10. The maximum absolute atomic E-state index is 5.96. The minimum absolute atomic E-state index is 0.195. The van der Waals surface area contributed by atoms with Crippen LogP contribution in [0.2, 0.25) is 0 Å². The van der Waals surface area contributed by atoms with Crippen molar-refractivity contribution in [2.75, 3.05) is 13.7 Å². The van der Waals surface area contributed by atoms with E-state index in [1.807, 2.05) is 24.3 Å². The van der Waals surface area contributed by atoms with Gasteiger partial charge in [0.2, 0.25) is 11.7 Å². The Hall–Kier alpha value is -1.92. The molecule has 2 heterocycles. The van der Waals surface area contributed by atoms with E-state index in [0.717, 1.165) is 17.7 Å². The Kier molecular flexibility index (Phi) is 3.66. The summed E-state index contributed by atoms with van der Waals surface area (Å²) in [4.78, 5) is 4.34. The lowest BCUT2D eigenvalue weighted by molar-refractivity contribution is 0.182. The maximum Gasteiger partial charge on any atom is 0.243 e. The van der Waals surface area contributed by atoms with Gasteiger partial charge in [-0.25, -0.2) is 0 Å². The zero-order chi connectivity index (χ0) is 13.9. The Balaban J connectivity index is 1.69. The van der Waals surface area contributed by atoms with Gasteiger partial charge in [0, 0.05) is 20.1 Å². The molecule has 0 radical (unpaired) electrons. The van der Waals surface area contributed by atoms with Crippen LogP contribution in [-0.2, 0) is 11.2 Å². The number of benzene rings is 1. The molecule has 0 spiro atoms. The van der Waals surface area contributed by atoms with Crippen molar-refractivity contribution in [3.05, 3.63) is 41.5 Å². The number of rotatable bonds is 5. The predicted molar refractivity (Wildman–Crippen MR) is 71.2 cm³/mol. The first kappa shape index (κ1) is 13.1. The number of hydrogen-bond donors (Lipinski definition) is 1. The second-order valence-electron chi connectivity index (χ2n) is 4.80. The molecule has 0 saturated carbocycles. The quantitative estimate of drug-likeness (QED) is 0.895. The van der Waals surface area contributed by atoms with Crippen LogP contribution in [-0.4, -0.2) is 23.9 Å². The standard InChI is InChI=1S/C14H17N3O3/c1-18-7-6-10(15)14-16-13(17-20-14)12-8-9-4-2-3-5-11(9)19-12/h2-5,10,12H,6-8,15H2,1H3. The van der Waals surface area contributed by atoms with Crippen molar-refractivity contribution in [3.8, 4) is 5.75 Å². The summed E-state index contributed by atoms with van der Waals surface area (Å²) in [7, 11) is 1.63. The summed E-state index contributed by atoms with van der Waals surface area (Å²) in [6.45, 7) is 0.560. The molecule has 0 amide bonds. The van der Waals surface area contributed by atoms with E-state index in [0.29, 0.717) is 24.7 Å². The summed E-state index contributed by atoms with van der Waals surface area (Å²) in [6.07, 6.45) is 1.20. The zero-order valence-electron chi connectivity index (χ0n) is 11.3. The van der Waals surface area contributed by atoms with E-state index in [1.54, 1.807) is 7.11 Å². The van der Waals surface area contributed by atoms with E-state index in [2.05, 4.69) is 10.1 Å². The Morgan fingerprint density at radius 2 is 2.30 bits per heavy atom. The topological polar surface area (TPSA) is 83.4 Å². The highest BCUT2D eigenvalue weighted by atomic mass is 16.5. The SMILES string of the molecule is COCCC(N)c1nc(C2Cc3ccccc3O2)no1. The normalized spacial score (nSPS) is 18.6. The second-order valence-corrected chi connectivity index (χ2v) is 4.80. The molecule has 20 heavy (non-hydrogen) atoms. The molecule has 2 unspecified atom stereocenters. The van der Waals surface area contributed by atoms with Gasteiger partial charge in [-0.1, -0.05) is 23.4 Å². The summed E-state index contributed by atoms with van der Waals surface area (Å²) >= 11 is 0. The molecule has 3 rings (SSSR count). The summed E-state index contributed by atoms with van der Waals surface area (Å²) in [6, 6.07) is 7.62. The number of nitrogens with zero attached hydrogens (tertiary/aromatic N) is 2. The minimum atomic E-state index is -0.306. The van der Waals surface area contributed by atoms with E-state index in [-0.39, 0.29) is 12.1 Å². The molecule has 2 atom stereocenters. The van der Waals surface area contributed by atoms with Crippen LogP contribution in [0.15, 0.2) is 28.8 Å². The van der Waals surface area contributed by atoms with Crippen LogP contribution in [0.4, 0.5) is 0 Å². The average molecular weight is 275 g/mol. The largest absolute Gasteiger partial charge is 0.482 e. The van der Waals surface area contributed by atoms with Gasteiger partial charge in [-0.2, -0.15) is 4.98 Å². The van der Waals surface area contributed by atoms with Crippen molar-refractivity contribution in [1.29, 1.82) is 0 Å². The van der Waals surface area contributed by atoms with Crippen LogP contribution in [0.1, 0.15) is 35.8 Å². The van der Waals surface area contributed by atoms with E-state index in [9.17, 15) is 0 Å². The maximum atomic E-state index is 5.96. The van der Waals surface area contributed by atoms with Gasteiger partial charge in [-0.3, -0.25) is 0 Å². The van der Waals surface area contributed by atoms with Crippen LogP contribution in [0.25, 0.3) is 0 Å². The molecule has 1 aliphatic rings. The van der Waals surface area contributed by atoms with Gasteiger partial charge >= 0.3 is 0 Å². The van der Waals surface area contributed by atoms with Gasteiger partial charge in [0.15, 0.2) is 6.10 Å². The van der Waals surface area contributed by atoms with Crippen molar-refractivity contribution in [2.24, 2.45) is 5.73 Å². The van der Waals surface area contributed by atoms with E-state index >= 15 is 0 Å². The summed E-state index contributed by atoms with van der Waals surface area (Å²) in [5, 5.41) is 3.98. The monoisotopic (exact) mass is 275 g/mol. The highest BCUT2D eigenvalue weighted by Crippen LogP contribution is 2.35. The third kappa shape index (κ3) is 2.52. The van der Waals surface area contributed by atoms with Crippen LogP contribution in [0, 0.1) is 0 Å². The second kappa shape index (κ2) is 5.60. The Bertz CT molecular complexity index is 560. The fourth-order valence-corrected chi connectivity index (χ4v) is 2.22. The first-order valence-corrected chi connectivity index (χ1v) is 6.60. The molecule has 0 fully saturated rings. The van der Waals surface area contributed by atoms with Gasteiger partial charge < -0.3 is 19.7 Å². The lowest BCUT2D eigenvalue weighted by Gasteiger charge is -2.05. The predicted octanol–water partition coefficient (Wildman–Crippen LogP) is 1.78. The fraction of sp³-hybridized carbons (Fsp3) is 0.429. The molecule has 0 aliphatic carbocycles. The van der Waals surface area contributed by atoms with Gasteiger partial charge in [-0.15, -0.1) is 0 Å². The molecule has 0 saturated heterocycles. The lowest BCUT2D eigenvalue weighted by atomic mass is 10.1. The molecule has 6 heteroatoms. The van der Waals surface area contributed by atoms with E-state index < -0.39 is 0 Å². The first-order valence-electron chi connectivity index (χ1n) is 6.60. The zero-order valence-corrected chi connectivity index (χ0v) is 11.3. The number of fused-ring (bicyclic) bond motifs is 1. The van der Waals surface area contributed by atoms with Crippen molar-refractivity contribution >= 4 is 0 Å². The van der Waals surface area contributed by atoms with Crippen LogP contribution in [0.3, 0.4) is 0 Å². The van der Waals surface area contributed by atoms with Crippen molar-refractivity contribution in [3.63, 3.8) is 0 Å². The molecule has 2 N–H and O–H groups in total. The number of nitrogens with two attached hydrogens (primary N) is 1. The van der Waals surface area contributed by atoms with E-state index in [1.165, 1.54) is 0 Å². The Morgan fingerprint density at radius 3 is 3.10 bits per heavy atom. The van der Waals surface area contributed by atoms with Crippen molar-refractivity contribution in [1.82, 2.24) is 10.1 Å². The molecule has 0 bridgehead atoms. The summed E-state index contributed by atoms with van der Waals surface area (Å²) in [5.74, 6) is 1.85. The van der Waals surface area contributed by atoms with Gasteiger partial charge in [0.25, 0.3) is 0 Å². The summed E-state index contributed by atoms with van der Waals surface area (Å²) < 4.78 is 16.0. The fourth-order valence-electron chi connectivity index (χ4n) is 2.22. The summed E-state index contributed by atoms with van der Waals surface area (Å²) in [5.41, 5.74) is 7.12. The van der Waals surface area contributed by atoms with Crippen LogP contribution >= 0.6 is 0 Å². The third-order valence-electron chi connectivity index (χ3n) is 3.34. The molecule has 1 aromatic heterocycles. The van der Waals surface area contributed by atoms with Gasteiger partial charge in [0.1, 0.15) is 5.75 Å². The van der Waals surface area contributed by atoms with Crippen molar-refractivity contribution in [2.45, 2.75) is 25.0 Å². The number of ether oxygens (including phenoxy) is 2. The van der Waals surface area contributed by atoms with Crippen LogP contribution < -0.4 is 10.5 Å². The van der Waals surface area contributed by atoms with Crippen molar-refractivity contribution < 1.29 is 14.0 Å². The van der Waals surface area contributed by atoms with Gasteiger partial charge in [0.05, 0.1) is 6.04 Å². The molecule has 2 aromatic rings. The number of hydrogen-bond acceptors (Lipinski definition) is 6. The number of para-hydroxylation sites is 1. The highest BCUT2D eigenvalue weighted by molar-refractivity contribution is 5.37. The minimum Gasteiger partial charge on any atom is -0.482 e. The molecule has 6 nitrogen and oxygen atoms in total. The smallest absolute Gasteiger partial charge is 0.243 e. The Morgan fingerprint density at radius 1 is 1.45 bits per heavy atom. The highest BCUT2D eigenvalue weighted by Gasteiger charge is 2.29. The molecular weight excluding hydrogens is 258 g/mol. The third-order valence-corrected chi connectivity index (χ3v) is 3.34. The number of methoxy groups -OCH3 is 1. The van der Waals surface area contributed by atoms with Crippen LogP contribution in [0.5, 0.6) is 5.75 Å². The molecule has 106 valence electrons.